The van der Waals surface area contributed by atoms with Gasteiger partial charge in [-0.15, -0.1) is 0 Å². The van der Waals surface area contributed by atoms with Crippen molar-refractivity contribution in [1.82, 2.24) is 30.0 Å². The molecule has 24 heavy (non-hydrogen) atoms. The average Bonchev–Trinajstić information content (AvgIpc) is 3.24. The number of nitrogens with zero attached hydrogens (tertiary/aromatic N) is 4. The summed E-state index contributed by atoms with van der Waals surface area (Å²) in [7, 11) is 1.90. The lowest BCUT2D eigenvalue weighted by Crippen LogP contribution is -2.34. The van der Waals surface area contributed by atoms with Gasteiger partial charge in [0.1, 0.15) is 5.82 Å². The Morgan fingerprint density at radius 3 is 3.00 bits per heavy atom. The second-order valence-corrected chi connectivity index (χ2v) is 6.93. The van der Waals surface area contributed by atoms with E-state index in [4.69, 9.17) is 0 Å². The van der Waals surface area contributed by atoms with Gasteiger partial charge >= 0.3 is 0 Å². The first-order chi connectivity index (χ1) is 11.5. The van der Waals surface area contributed by atoms with E-state index in [9.17, 15) is 4.79 Å². The Bertz CT molecular complexity index is 689. The Balaban J connectivity index is 1.61. The van der Waals surface area contributed by atoms with E-state index in [2.05, 4.69) is 39.1 Å². The van der Waals surface area contributed by atoms with Gasteiger partial charge in [0.15, 0.2) is 0 Å². The first-order valence-electron chi connectivity index (χ1n) is 8.51. The fourth-order valence-electron chi connectivity index (χ4n) is 3.30. The maximum atomic E-state index is 12.6. The Hall–Kier alpha value is -2.15. The molecule has 3 heterocycles. The molecule has 1 amide bonds. The van der Waals surface area contributed by atoms with E-state index in [1.165, 1.54) is 0 Å². The van der Waals surface area contributed by atoms with Gasteiger partial charge in [-0.25, -0.2) is 4.98 Å². The van der Waals surface area contributed by atoms with Crippen molar-refractivity contribution in [3.05, 3.63) is 36.2 Å². The molecule has 1 aliphatic heterocycles. The first kappa shape index (κ1) is 16.7. The van der Waals surface area contributed by atoms with Gasteiger partial charge in [0.2, 0.25) is 5.91 Å². The van der Waals surface area contributed by atoms with Crippen LogP contribution in [0.4, 0.5) is 0 Å². The summed E-state index contributed by atoms with van der Waals surface area (Å²) in [5, 5.41) is 10.6. The van der Waals surface area contributed by atoms with E-state index < -0.39 is 0 Å². The smallest absolute Gasteiger partial charge is 0.225 e. The van der Waals surface area contributed by atoms with Crippen LogP contribution in [0.25, 0.3) is 0 Å². The molecule has 0 aromatic carbocycles. The number of aromatic nitrogens is 4. The number of imidazole rings is 1. The van der Waals surface area contributed by atoms with Gasteiger partial charge in [-0.3, -0.25) is 9.48 Å². The predicted octanol–water partition coefficient (Wildman–Crippen LogP) is 0.892. The molecular formula is C17H26N6O. The monoisotopic (exact) mass is 330 g/mol. The Labute approximate surface area is 142 Å². The molecule has 1 fully saturated rings. The summed E-state index contributed by atoms with van der Waals surface area (Å²) >= 11 is 0. The summed E-state index contributed by atoms with van der Waals surface area (Å²) in [6.45, 7) is 7.23. The third kappa shape index (κ3) is 3.67. The molecule has 2 N–H and O–H groups in total. The second-order valence-electron chi connectivity index (χ2n) is 6.93. The molecule has 7 nitrogen and oxygen atoms in total. The number of aryl methyl sites for hydroxylation is 1. The molecule has 1 saturated heterocycles. The predicted molar refractivity (Wildman–Crippen MR) is 91.2 cm³/mol. The highest BCUT2D eigenvalue weighted by Gasteiger charge is 2.34. The summed E-state index contributed by atoms with van der Waals surface area (Å²) in [6.07, 6.45) is 7.61. The molecule has 1 aliphatic rings. The van der Waals surface area contributed by atoms with E-state index in [1.54, 1.807) is 10.9 Å². The zero-order valence-corrected chi connectivity index (χ0v) is 14.6. The van der Waals surface area contributed by atoms with E-state index >= 15 is 0 Å². The quantitative estimate of drug-likeness (QED) is 0.825. The van der Waals surface area contributed by atoms with E-state index in [0.717, 1.165) is 24.5 Å². The molecule has 0 unspecified atom stereocenters. The van der Waals surface area contributed by atoms with Gasteiger partial charge in [-0.2, -0.15) is 5.10 Å². The lowest BCUT2D eigenvalue weighted by molar-refractivity contribution is -0.125. The van der Waals surface area contributed by atoms with Crippen LogP contribution in [0.5, 0.6) is 0 Å². The second kappa shape index (κ2) is 7.17. The van der Waals surface area contributed by atoms with Gasteiger partial charge in [-0.05, 0) is 11.5 Å². The van der Waals surface area contributed by atoms with Crippen molar-refractivity contribution in [2.24, 2.45) is 18.9 Å². The fraction of sp³-hybridized carbons (Fsp3) is 0.588. The van der Waals surface area contributed by atoms with Crippen molar-refractivity contribution < 1.29 is 4.79 Å². The molecule has 0 spiro atoms. The molecule has 130 valence electrons. The number of hydrogen-bond acceptors (Lipinski definition) is 4. The van der Waals surface area contributed by atoms with Crippen molar-refractivity contribution in [2.75, 3.05) is 13.1 Å². The number of hydrogen-bond donors (Lipinski definition) is 2. The summed E-state index contributed by atoms with van der Waals surface area (Å²) < 4.78 is 3.89. The van der Waals surface area contributed by atoms with Crippen LogP contribution < -0.4 is 10.6 Å². The maximum absolute atomic E-state index is 12.6. The molecule has 7 heteroatoms. The van der Waals surface area contributed by atoms with Crippen LogP contribution in [0, 0.1) is 11.8 Å². The summed E-state index contributed by atoms with van der Waals surface area (Å²) in [5.74, 6) is 1.63. The van der Waals surface area contributed by atoms with Gasteiger partial charge in [-0.1, -0.05) is 13.8 Å². The largest absolute Gasteiger partial charge is 0.349 e. The maximum Gasteiger partial charge on any atom is 0.225 e. The third-order valence-corrected chi connectivity index (χ3v) is 4.49. The topological polar surface area (TPSA) is 76.8 Å². The highest BCUT2D eigenvalue weighted by Crippen LogP contribution is 2.27. The SMILES string of the molecule is CC(C)Cn1ccnc1CNC(=O)[C@H]1CNC[C@@H]1c1cnn(C)c1. The number of carbonyl (C=O) groups is 1. The fourth-order valence-corrected chi connectivity index (χ4v) is 3.30. The van der Waals surface area contributed by atoms with Crippen LogP contribution in [-0.4, -0.2) is 38.3 Å². The summed E-state index contributed by atoms with van der Waals surface area (Å²) in [4.78, 5) is 17.0. The van der Waals surface area contributed by atoms with Gasteiger partial charge in [0.25, 0.3) is 0 Å². The van der Waals surface area contributed by atoms with Gasteiger partial charge < -0.3 is 15.2 Å². The van der Waals surface area contributed by atoms with Crippen molar-refractivity contribution >= 4 is 5.91 Å². The van der Waals surface area contributed by atoms with Gasteiger partial charge in [0, 0.05) is 51.2 Å². The molecular weight excluding hydrogens is 304 g/mol. The van der Waals surface area contributed by atoms with Gasteiger partial charge in [0.05, 0.1) is 18.7 Å². The first-order valence-corrected chi connectivity index (χ1v) is 8.51. The minimum atomic E-state index is -0.0669. The van der Waals surface area contributed by atoms with Crippen LogP contribution >= 0.6 is 0 Å². The average molecular weight is 330 g/mol. The van der Waals surface area contributed by atoms with Crippen molar-refractivity contribution in [3.8, 4) is 0 Å². The molecule has 2 atom stereocenters. The van der Waals surface area contributed by atoms with Crippen molar-refractivity contribution in [1.29, 1.82) is 0 Å². The minimum Gasteiger partial charge on any atom is -0.349 e. The van der Waals surface area contributed by atoms with Crippen LogP contribution in [0.1, 0.15) is 31.2 Å². The molecule has 3 rings (SSSR count). The zero-order valence-electron chi connectivity index (χ0n) is 14.6. The Kier molecular flexibility index (Phi) is 4.99. The van der Waals surface area contributed by atoms with E-state index in [0.29, 0.717) is 19.0 Å². The summed E-state index contributed by atoms with van der Waals surface area (Å²) in [5.41, 5.74) is 1.11. The molecule has 2 aromatic heterocycles. The standard InChI is InChI=1S/C17H26N6O/c1-12(2)10-23-5-4-19-16(23)9-20-17(24)15-8-18-7-14(15)13-6-21-22(3)11-13/h4-6,11-12,14-15,18H,7-10H2,1-3H3,(H,20,24)/t14-,15+/m1/s1. The molecule has 0 bridgehead atoms. The lowest BCUT2D eigenvalue weighted by Gasteiger charge is -2.17. The molecule has 0 aliphatic carbocycles. The lowest BCUT2D eigenvalue weighted by atomic mass is 9.90. The van der Waals surface area contributed by atoms with Crippen LogP contribution in [0.3, 0.4) is 0 Å². The zero-order chi connectivity index (χ0) is 17.1. The number of rotatable bonds is 6. The highest BCUT2D eigenvalue weighted by molar-refractivity contribution is 5.80. The third-order valence-electron chi connectivity index (χ3n) is 4.49. The van der Waals surface area contributed by atoms with Crippen molar-refractivity contribution in [2.45, 2.75) is 32.9 Å². The van der Waals surface area contributed by atoms with Crippen LogP contribution in [-0.2, 0) is 24.9 Å². The van der Waals surface area contributed by atoms with Crippen LogP contribution in [0.15, 0.2) is 24.8 Å². The van der Waals surface area contributed by atoms with Crippen LogP contribution in [0.2, 0.25) is 0 Å². The number of carbonyl (C=O) groups excluding carboxylic acids is 1. The number of amides is 1. The molecule has 0 radical (unpaired) electrons. The van der Waals surface area contributed by atoms with E-state index in [1.807, 2.05) is 25.6 Å². The Morgan fingerprint density at radius 2 is 2.29 bits per heavy atom. The minimum absolute atomic E-state index is 0.0669. The highest BCUT2D eigenvalue weighted by atomic mass is 16.1. The number of nitrogens with one attached hydrogen (secondary N) is 2. The summed E-state index contributed by atoms with van der Waals surface area (Å²) in [6, 6.07) is 0. The molecule has 0 saturated carbocycles. The van der Waals surface area contributed by atoms with E-state index in [-0.39, 0.29) is 17.7 Å². The molecule has 2 aromatic rings. The normalized spacial score (nSPS) is 20.7. The Morgan fingerprint density at radius 1 is 1.46 bits per heavy atom. The van der Waals surface area contributed by atoms with Crippen molar-refractivity contribution in [3.63, 3.8) is 0 Å².